The minimum atomic E-state index is -0.229. The molecule has 1 atom stereocenters. The van der Waals surface area contributed by atoms with Crippen molar-refractivity contribution in [2.75, 3.05) is 0 Å². The van der Waals surface area contributed by atoms with Crippen LogP contribution in [0.1, 0.15) is 41.5 Å². The van der Waals surface area contributed by atoms with Gasteiger partial charge >= 0.3 is 0 Å². The number of benzene rings is 1. The Bertz CT molecular complexity index is 667. The first-order chi connectivity index (χ1) is 9.92. The zero-order valence-electron chi connectivity index (χ0n) is 12.2. The van der Waals surface area contributed by atoms with Crippen molar-refractivity contribution >= 4 is 29.1 Å². The summed E-state index contributed by atoms with van der Waals surface area (Å²) >= 11 is 11.9. The van der Waals surface area contributed by atoms with Crippen LogP contribution in [0.4, 0.5) is 0 Å². The van der Waals surface area contributed by atoms with Crippen molar-refractivity contribution in [2.45, 2.75) is 33.4 Å². The van der Waals surface area contributed by atoms with Crippen LogP contribution in [0.25, 0.3) is 0 Å². The number of aromatic nitrogens is 2. The van der Waals surface area contributed by atoms with Crippen molar-refractivity contribution < 1.29 is 4.79 Å². The molecular formula is C15H17Cl2N3O. The first-order valence-corrected chi connectivity index (χ1v) is 7.47. The summed E-state index contributed by atoms with van der Waals surface area (Å²) in [6.07, 6.45) is 1.95. The molecule has 1 heterocycles. The average Bonchev–Trinajstić information content (AvgIpc) is 2.79. The molecule has 0 spiro atoms. The quantitative estimate of drug-likeness (QED) is 0.923. The number of halogens is 2. The molecule has 2 rings (SSSR count). The second kappa shape index (κ2) is 6.50. The predicted octanol–water partition coefficient (Wildman–Crippen LogP) is 4.01. The Labute approximate surface area is 134 Å². The van der Waals surface area contributed by atoms with Crippen LogP contribution in [0.3, 0.4) is 0 Å². The van der Waals surface area contributed by atoms with E-state index in [1.165, 1.54) is 0 Å². The summed E-state index contributed by atoms with van der Waals surface area (Å²) in [7, 11) is 0. The van der Waals surface area contributed by atoms with Gasteiger partial charge in [0.25, 0.3) is 5.91 Å². The molecule has 4 nitrogen and oxygen atoms in total. The first-order valence-electron chi connectivity index (χ1n) is 6.72. The van der Waals surface area contributed by atoms with E-state index in [1.807, 2.05) is 31.6 Å². The minimum absolute atomic E-state index is 0.149. The van der Waals surface area contributed by atoms with Gasteiger partial charge < -0.3 is 5.32 Å². The fourth-order valence-corrected chi connectivity index (χ4v) is 2.64. The molecule has 0 saturated heterocycles. The van der Waals surface area contributed by atoms with E-state index in [2.05, 4.69) is 10.4 Å². The molecule has 21 heavy (non-hydrogen) atoms. The molecule has 6 heteroatoms. The normalized spacial score (nSPS) is 12.2. The monoisotopic (exact) mass is 325 g/mol. The number of hydrogen-bond acceptors (Lipinski definition) is 2. The van der Waals surface area contributed by atoms with E-state index in [-0.39, 0.29) is 11.9 Å². The molecule has 0 bridgehead atoms. The van der Waals surface area contributed by atoms with Crippen LogP contribution >= 0.6 is 23.2 Å². The molecule has 0 saturated carbocycles. The standard InChI is InChI=1S/C15H17Cl2N3O/c1-4-20-8-13(10(3)19-20)9(2)18-15(21)12-6-5-11(16)7-14(12)17/h5-9H,4H2,1-3H3,(H,18,21). The van der Waals surface area contributed by atoms with E-state index in [4.69, 9.17) is 23.2 Å². The van der Waals surface area contributed by atoms with Gasteiger partial charge in [0.15, 0.2) is 0 Å². The minimum Gasteiger partial charge on any atom is -0.345 e. The van der Waals surface area contributed by atoms with Gasteiger partial charge in [0.1, 0.15) is 0 Å². The van der Waals surface area contributed by atoms with Gasteiger partial charge in [0, 0.05) is 23.3 Å². The van der Waals surface area contributed by atoms with E-state index in [9.17, 15) is 4.79 Å². The Morgan fingerprint density at radius 3 is 2.71 bits per heavy atom. The molecule has 0 aliphatic carbocycles. The molecule has 1 N–H and O–H groups in total. The van der Waals surface area contributed by atoms with E-state index in [1.54, 1.807) is 18.2 Å². The lowest BCUT2D eigenvalue weighted by molar-refractivity contribution is 0.0940. The summed E-state index contributed by atoms with van der Waals surface area (Å²) in [5.41, 5.74) is 2.32. The molecular weight excluding hydrogens is 309 g/mol. The molecule has 0 fully saturated rings. The highest BCUT2D eigenvalue weighted by molar-refractivity contribution is 6.36. The second-order valence-corrected chi connectivity index (χ2v) is 5.69. The molecule has 1 unspecified atom stereocenters. The van der Waals surface area contributed by atoms with Gasteiger partial charge in [0.2, 0.25) is 0 Å². The van der Waals surface area contributed by atoms with Crippen LogP contribution in [0, 0.1) is 6.92 Å². The van der Waals surface area contributed by atoms with Crippen molar-refractivity contribution in [3.05, 3.63) is 51.3 Å². The number of carbonyl (C=O) groups is 1. The summed E-state index contributed by atoms with van der Waals surface area (Å²) in [6, 6.07) is 4.68. The predicted molar refractivity (Wildman–Crippen MR) is 85.0 cm³/mol. The van der Waals surface area contributed by atoms with E-state index < -0.39 is 0 Å². The van der Waals surface area contributed by atoms with Crippen LogP contribution < -0.4 is 5.32 Å². The maximum atomic E-state index is 12.3. The summed E-state index contributed by atoms with van der Waals surface area (Å²) < 4.78 is 1.85. The zero-order valence-corrected chi connectivity index (χ0v) is 13.7. The number of carbonyl (C=O) groups excluding carboxylic acids is 1. The smallest absolute Gasteiger partial charge is 0.253 e. The lowest BCUT2D eigenvalue weighted by Gasteiger charge is -2.14. The highest BCUT2D eigenvalue weighted by Gasteiger charge is 2.17. The molecule has 1 amide bonds. The van der Waals surface area contributed by atoms with Crippen LogP contribution in [-0.4, -0.2) is 15.7 Å². The third-order valence-electron chi connectivity index (χ3n) is 3.30. The number of amides is 1. The van der Waals surface area contributed by atoms with E-state index in [0.29, 0.717) is 15.6 Å². The number of rotatable bonds is 4. The highest BCUT2D eigenvalue weighted by Crippen LogP contribution is 2.22. The SMILES string of the molecule is CCn1cc(C(C)NC(=O)c2ccc(Cl)cc2Cl)c(C)n1. The molecule has 1 aromatic heterocycles. The summed E-state index contributed by atoms with van der Waals surface area (Å²) in [4.78, 5) is 12.3. The second-order valence-electron chi connectivity index (χ2n) is 4.84. The van der Waals surface area contributed by atoms with Gasteiger partial charge in [-0.15, -0.1) is 0 Å². The Kier molecular flexibility index (Phi) is 4.91. The van der Waals surface area contributed by atoms with Crippen molar-refractivity contribution in [3.63, 3.8) is 0 Å². The van der Waals surface area contributed by atoms with E-state index >= 15 is 0 Å². The van der Waals surface area contributed by atoms with Crippen molar-refractivity contribution in [3.8, 4) is 0 Å². The van der Waals surface area contributed by atoms with Crippen LogP contribution in [0.5, 0.6) is 0 Å². The van der Waals surface area contributed by atoms with Crippen LogP contribution in [0.15, 0.2) is 24.4 Å². The third kappa shape index (κ3) is 3.57. The summed E-state index contributed by atoms with van der Waals surface area (Å²) in [5, 5.41) is 8.16. The average molecular weight is 326 g/mol. The number of nitrogens with zero attached hydrogens (tertiary/aromatic N) is 2. The van der Waals surface area contributed by atoms with Gasteiger partial charge in [0.05, 0.1) is 22.3 Å². The largest absolute Gasteiger partial charge is 0.345 e. The Morgan fingerprint density at radius 1 is 1.43 bits per heavy atom. The summed E-state index contributed by atoms with van der Waals surface area (Å²) in [6.45, 7) is 6.67. The number of hydrogen-bond donors (Lipinski definition) is 1. The van der Waals surface area contributed by atoms with Gasteiger partial charge in [-0.1, -0.05) is 23.2 Å². The topological polar surface area (TPSA) is 46.9 Å². The maximum absolute atomic E-state index is 12.3. The summed E-state index contributed by atoms with van der Waals surface area (Å²) in [5.74, 6) is -0.229. The third-order valence-corrected chi connectivity index (χ3v) is 3.85. The number of aryl methyl sites for hydroxylation is 2. The lowest BCUT2D eigenvalue weighted by atomic mass is 10.1. The first kappa shape index (κ1) is 15.9. The van der Waals surface area contributed by atoms with E-state index in [0.717, 1.165) is 17.8 Å². The van der Waals surface area contributed by atoms with Crippen molar-refractivity contribution in [1.82, 2.24) is 15.1 Å². The van der Waals surface area contributed by atoms with Crippen LogP contribution in [0.2, 0.25) is 10.0 Å². The van der Waals surface area contributed by atoms with Gasteiger partial charge in [-0.05, 0) is 39.0 Å². The fraction of sp³-hybridized carbons (Fsp3) is 0.333. The van der Waals surface area contributed by atoms with Crippen LogP contribution in [-0.2, 0) is 6.54 Å². The lowest BCUT2D eigenvalue weighted by Crippen LogP contribution is -2.27. The molecule has 1 aromatic carbocycles. The van der Waals surface area contributed by atoms with Crippen molar-refractivity contribution in [1.29, 1.82) is 0 Å². The molecule has 2 aromatic rings. The van der Waals surface area contributed by atoms with Gasteiger partial charge in [-0.3, -0.25) is 9.48 Å². The Balaban J connectivity index is 2.16. The fourth-order valence-electron chi connectivity index (χ4n) is 2.15. The molecule has 112 valence electrons. The zero-order chi connectivity index (χ0) is 15.6. The maximum Gasteiger partial charge on any atom is 0.253 e. The highest BCUT2D eigenvalue weighted by atomic mass is 35.5. The van der Waals surface area contributed by atoms with Crippen molar-refractivity contribution in [2.24, 2.45) is 0 Å². The molecule has 0 radical (unpaired) electrons. The van der Waals surface area contributed by atoms with Gasteiger partial charge in [-0.2, -0.15) is 5.10 Å². The molecule has 0 aliphatic rings. The number of nitrogens with one attached hydrogen (secondary N) is 1. The Morgan fingerprint density at radius 2 is 2.14 bits per heavy atom. The Hall–Kier alpha value is -1.52. The van der Waals surface area contributed by atoms with Gasteiger partial charge in [-0.25, -0.2) is 0 Å². The molecule has 0 aliphatic heterocycles.